The molecule has 0 fully saturated rings. The van der Waals surface area contributed by atoms with Crippen LogP contribution in [0, 0.1) is 0 Å². The van der Waals surface area contributed by atoms with Crippen molar-refractivity contribution in [2.45, 2.75) is 0 Å². The molecule has 0 unspecified atom stereocenters. The third-order valence-corrected chi connectivity index (χ3v) is 8.15. The number of furan rings is 1. The van der Waals surface area contributed by atoms with E-state index in [0.29, 0.717) is 0 Å². The molecule has 6 aromatic carbocycles. The molecule has 3 nitrogen and oxygen atoms in total. The van der Waals surface area contributed by atoms with Crippen LogP contribution in [0.4, 0.5) is 0 Å². The number of benzene rings is 6. The number of pyridine rings is 1. The molecule has 0 bridgehead atoms. The summed E-state index contributed by atoms with van der Waals surface area (Å²) in [6.45, 7) is 0. The van der Waals surface area contributed by atoms with Crippen LogP contribution in [-0.4, -0.2) is 9.55 Å². The smallest absolute Gasteiger partial charge is 0.145 e. The zero-order valence-corrected chi connectivity index (χ0v) is 21.5. The maximum atomic E-state index is 6.63. The minimum absolute atomic E-state index is 0.899. The molecule has 3 heteroatoms. The quantitative estimate of drug-likeness (QED) is 0.232. The summed E-state index contributed by atoms with van der Waals surface area (Å²) in [5.41, 5.74) is 8.35. The Bertz CT molecular complexity index is 2430. The molecule has 0 aliphatic rings. The highest BCUT2D eigenvalue weighted by atomic mass is 16.3. The highest BCUT2D eigenvalue weighted by Gasteiger charge is 2.23. The number of hydrogen-bond acceptors (Lipinski definition) is 2. The molecule has 3 aromatic heterocycles. The van der Waals surface area contributed by atoms with Gasteiger partial charge in [-0.1, -0.05) is 84.9 Å². The van der Waals surface area contributed by atoms with Crippen LogP contribution in [0.1, 0.15) is 0 Å². The van der Waals surface area contributed by atoms with Gasteiger partial charge in [0.05, 0.1) is 27.6 Å². The van der Waals surface area contributed by atoms with E-state index in [2.05, 4.69) is 126 Å². The Labute approximate surface area is 229 Å². The highest BCUT2D eigenvalue weighted by Crippen LogP contribution is 2.46. The van der Waals surface area contributed by atoms with Gasteiger partial charge in [0.2, 0.25) is 0 Å². The number of nitrogens with zero attached hydrogens (tertiary/aromatic N) is 2. The van der Waals surface area contributed by atoms with Gasteiger partial charge in [0.1, 0.15) is 11.2 Å². The van der Waals surface area contributed by atoms with Crippen LogP contribution < -0.4 is 0 Å². The van der Waals surface area contributed by atoms with E-state index in [9.17, 15) is 0 Å². The normalized spacial score (nSPS) is 12.0. The molecule has 40 heavy (non-hydrogen) atoms. The second kappa shape index (κ2) is 8.05. The van der Waals surface area contributed by atoms with Gasteiger partial charge in [0, 0.05) is 38.2 Å². The lowest BCUT2D eigenvalue weighted by Gasteiger charge is -2.11. The van der Waals surface area contributed by atoms with Crippen molar-refractivity contribution in [3.05, 3.63) is 133 Å². The molecule has 9 aromatic rings. The van der Waals surface area contributed by atoms with E-state index in [1.807, 2.05) is 12.1 Å². The predicted octanol–water partition coefficient (Wildman–Crippen LogP) is 10.1. The number of rotatable bonds is 2. The Kier molecular flexibility index (Phi) is 4.33. The Hall–Kier alpha value is -5.41. The van der Waals surface area contributed by atoms with Crippen molar-refractivity contribution in [2.24, 2.45) is 0 Å². The first-order valence-electron chi connectivity index (χ1n) is 13.6. The zero-order chi connectivity index (χ0) is 26.2. The topological polar surface area (TPSA) is 31.0 Å². The summed E-state index contributed by atoms with van der Waals surface area (Å²) in [5, 5.41) is 8.15. The second-order valence-corrected chi connectivity index (χ2v) is 10.4. The average Bonchev–Trinajstić information content (AvgIpc) is 3.58. The predicted molar refractivity (Wildman–Crippen MR) is 166 cm³/mol. The van der Waals surface area contributed by atoms with Crippen molar-refractivity contribution in [1.82, 2.24) is 9.55 Å². The van der Waals surface area contributed by atoms with E-state index >= 15 is 0 Å². The summed E-state index contributed by atoms with van der Waals surface area (Å²) in [5.74, 6) is 0. The van der Waals surface area contributed by atoms with Gasteiger partial charge < -0.3 is 8.98 Å². The van der Waals surface area contributed by atoms with E-state index in [-0.39, 0.29) is 0 Å². The van der Waals surface area contributed by atoms with Gasteiger partial charge in [-0.3, -0.25) is 0 Å². The molecule has 0 N–H and O–H groups in total. The van der Waals surface area contributed by atoms with E-state index < -0.39 is 0 Å². The number of hydrogen-bond donors (Lipinski definition) is 0. The van der Waals surface area contributed by atoms with Crippen molar-refractivity contribution >= 4 is 65.4 Å². The molecule has 0 saturated carbocycles. The van der Waals surface area contributed by atoms with Gasteiger partial charge in [0.25, 0.3) is 0 Å². The Morgan fingerprint density at radius 3 is 2.25 bits per heavy atom. The Morgan fingerprint density at radius 1 is 0.550 bits per heavy atom. The fourth-order valence-electron chi connectivity index (χ4n) is 6.40. The summed E-state index contributed by atoms with van der Waals surface area (Å²) in [6.07, 6.45) is 0. The number of fused-ring (bicyclic) bond motifs is 11. The molecular weight excluding hydrogens is 488 g/mol. The Morgan fingerprint density at radius 2 is 1.32 bits per heavy atom. The van der Waals surface area contributed by atoms with Crippen molar-refractivity contribution in [3.63, 3.8) is 0 Å². The number of para-hydroxylation sites is 4. The van der Waals surface area contributed by atoms with Crippen LogP contribution in [0.15, 0.2) is 138 Å². The lowest BCUT2D eigenvalue weighted by molar-refractivity contribution is 0.673. The Balaban J connectivity index is 1.50. The van der Waals surface area contributed by atoms with Crippen molar-refractivity contribution in [3.8, 4) is 16.9 Å². The lowest BCUT2D eigenvalue weighted by atomic mass is 9.96. The first-order chi connectivity index (χ1) is 19.8. The summed E-state index contributed by atoms with van der Waals surface area (Å²) in [7, 11) is 0. The minimum atomic E-state index is 0.899. The van der Waals surface area contributed by atoms with Crippen molar-refractivity contribution < 1.29 is 4.42 Å². The third kappa shape index (κ3) is 2.92. The SMILES string of the molecule is c1ccc(-n2c3ccccc3c3c4cc(-c5ccc6ccccc6n5)ccc4c4oc5ccccc5c4c32)cc1. The van der Waals surface area contributed by atoms with Crippen LogP contribution >= 0.6 is 0 Å². The molecule has 0 spiro atoms. The van der Waals surface area contributed by atoms with Crippen LogP contribution in [0.2, 0.25) is 0 Å². The maximum absolute atomic E-state index is 6.63. The van der Waals surface area contributed by atoms with Crippen LogP contribution in [0.5, 0.6) is 0 Å². The van der Waals surface area contributed by atoms with Crippen molar-refractivity contribution in [2.75, 3.05) is 0 Å². The van der Waals surface area contributed by atoms with Gasteiger partial charge in [-0.15, -0.1) is 0 Å². The average molecular weight is 511 g/mol. The molecule has 0 atom stereocenters. The largest absolute Gasteiger partial charge is 0.455 e. The van der Waals surface area contributed by atoms with Gasteiger partial charge in [-0.25, -0.2) is 4.98 Å². The molecule has 0 radical (unpaired) electrons. The van der Waals surface area contributed by atoms with E-state index in [1.54, 1.807) is 0 Å². The van der Waals surface area contributed by atoms with Gasteiger partial charge in [-0.05, 0) is 53.9 Å². The molecule has 186 valence electrons. The highest BCUT2D eigenvalue weighted by molar-refractivity contribution is 6.35. The molecular formula is C37H22N2O. The van der Waals surface area contributed by atoms with E-state index in [4.69, 9.17) is 9.40 Å². The van der Waals surface area contributed by atoms with Crippen molar-refractivity contribution in [1.29, 1.82) is 0 Å². The van der Waals surface area contributed by atoms with Crippen LogP contribution in [0.3, 0.4) is 0 Å². The molecule has 0 saturated heterocycles. The monoisotopic (exact) mass is 510 g/mol. The maximum Gasteiger partial charge on any atom is 0.145 e. The summed E-state index contributed by atoms with van der Waals surface area (Å²) in [6, 6.07) is 46.9. The van der Waals surface area contributed by atoms with Gasteiger partial charge >= 0.3 is 0 Å². The molecule has 0 aliphatic carbocycles. The minimum Gasteiger partial charge on any atom is -0.455 e. The molecule has 9 rings (SSSR count). The van der Waals surface area contributed by atoms with Gasteiger partial charge in [0.15, 0.2) is 0 Å². The summed E-state index contributed by atoms with van der Waals surface area (Å²) < 4.78 is 9.03. The molecule has 0 aliphatic heterocycles. The third-order valence-electron chi connectivity index (χ3n) is 8.15. The zero-order valence-electron chi connectivity index (χ0n) is 21.5. The first-order valence-corrected chi connectivity index (χ1v) is 13.6. The molecule has 0 amide bonds. The lowest BCUT2D eigenvalue weighted by Crippen LogP contribution is -1.94. The van der Waals surface area contributed by atoms with Crippen LogP contribution in [0.25, 0.3) is 82.4 Å². The number of aromatic nitrogens is 2. The fraction of sp³-hybridized carbons (Fsp3) is 0. The fourth-order valence-corrected chi connectivity index (χ4v) is 6.40. The molecule has 3 heterocycles. The van der Waals surface area contributed by atoms with E-state index in [1.165, 1.54) is 27.2 Å². The summed E-state index contributed by atoms with van der Waals surface area (Å²) >= 11 is 0. The second-order valence-electron chi connectivity index (χ2n) is 10.4. The van der Waals surface area contributed by atoms with Crippen LogP contribution in [-0.2, 0) is 0 Å². The first kappa shape index (κ1) is 21.5. The van der Waals surface area contributed by atoms with E-state index in [0.717, 1.165) is 55.2 Å². The summed E-state index contributed by atoms with van der Waals surface area (Å²) in [4.78, 5) is 5.02. The standard InChI is InChI=1S/C37H22N2O/c1-2-11-25(12-3-1)39-32-16-8-5-13-27(32)34-29-22-24(31-21-19-23-10-4-7-15-30(23)38-31)18-20-26(29)37-35(36(34)39)28-14-6-9-17-33(28)40-37/h1-22H. The van der Waals surface area contributed by atoms with Gasteiger partial charge in [-0.2, -0.15) is 0 Å².